The van der Waals surface area contributed by atoms with Crippen molar-refractivity contribution >= 4 is 24.0 Å². The molecule has 0 unspecified atom stereocenters. The normalized spacial score (nSPS) is 11.0. The van der Waals surface area contributed by atoms with Crippen LogP contribution in [0.3, 0.4) is 0 Å². The topological polar surface area (TPSA) is 21.3 Å². The maximum atomic E-state index is 5.89. The van der Waals surface area contributed by atoms with Gasteiger partial charge in [0.1, 0.15) is 12.4 Å². The zero-order chi connectivity index (χ0) is 16.0. The largest absolute Gasteiger partial charge is 0.489 e. The summed E-state index contributed by atoms with van der Waals surface area (Å²) in [5, 5.41) is 4.31. The van der Waals surface area contributed by atoms with E-state index < -0.39 is 0 Å². The van der Waals surface area contributed by atoms with Crippen molar-refractivity contribution in [3.8, 4) is 5.75 Å². The Morgan fingerprint density at radius 3 is 2.39 bits per heavy atom. The lowest BCUT2D eigenvalue weighted by Gasteiger charge is -2.24. The maximum absolute atomic E-state index is 5.89. The molecule has 0 atom stereocenters. The predicted molar refractivity (Wildman–Crippen MR) is 101 cm³/mol. The lowest BCUT2D eigenvalue weighted by molar-refractivity contribution is 0.305. The van der Waals surface area contributed by atoms with Gasteiger partial charge in [0.2, 0.25) is 0 Å². The second kappa shape index (κ2) is 9.17. The smallest absolute Gasteiger partial charge is 0.120 e. The zero-order valence-electron chi connectivity index (χ0n) is 13.9. The van der Waals surface area contributed by atoms with Gasteiger partial charge in [0.05, 0.1) is 0 Å². The molecule has 4 heteroatoms. The Balaban J connectivity index is 0.00000264. The summed E-state index contributed by atoms with van der Waals surface area (Å²) in [5.74, 6) is 0.892. The van der Waals surface area contributed by atoms with Crippen LogP contribution in [-0.2, 0) is 13.2 Å². The van der Waals surface area contributed by atoms with Gasteiger partial charge in [-0.1, -0.05) is 42.8 Å². The van der Waals surface area contributed by atoms with Crippen LogP contribution in [0.2, 0.25) is 5.02 Å². The molecule has 0 bridgehead atoms. The minimum absolute atomic E-state index is 0. The molecule has 2 aromatic rings. The molecular formula is C19H25Cl2NO. The molecule has 2 aromatic carbocycles. The minimum atomic E-state index is 0. The van der Waals surface area contributed by atoms with Crippen molar-refractivity contribution < 1.29 is 4.74 Å². The Bertz CT molecular complexity index is 597. The molecule has 126 valence electrons. The van der Waals surface area contributed by atoms with E-state index in [4.69, 9.17) is 16.3 Å². The first-order chi connectivity index (χ1) is 10.5. The zero-order valence-corrected chi connectivity index (χ0v) is 15.5. The molecule has 0 saturated carbocycles. The molecule has 1 N–H and O–H groups in total. The summed E-state index contributed by atoms with van der Waals surface area (Å²) in [6, 6.07) is 16.0. The Morgan fingerprint density at radius 1 is 1.04 bits per heavy atom. The van der Waals surface area contributed by atoms with Crippen molar-refractivity contribution in [2.75, 3.05) is 0 Å². The fourth-order valence-electron chi connectivity index (χ4n) is 1.96. The standard InChI is InChI=1S/C19H24ClNO.ClH/c1-4-19(2,3)21-13-16-6-5-7-18(12-16)22-14-15-8-10-17(20)11-9-15;/h5-12,21H,4,13-14H2,1-3H3;1H. The van der Waals surface area contributed by atoms with Crippen LogP contribution in [-0.4, -0.2) is 5.54 Å². The fraction of sp³-hybridized carbons (Fsp3) is 0.368. The lowest BCUT2D eigenvalue weighted by Crippen LogP contribution is -2.37. The second-order valence-electron chi connectivity index (χ2n) is 6.15. The summed E-state index contributed by atoms with van der Waals surface area (Å²) in [6.07, 6.45) is 1.10. The van der Waals surface area contributed by atoms with Gasteiger partial charge in [-0.15, -0.1) is 12.4 Å². The third-order valence-corrected chi connectivity index (χ3v) is 4.12. The van der Waals surface area contributed by atoms with Crippen molar-refractivity contribution in [2.45, 2.75) is 45.9 Å². The molecule has 0 spiro atoms. The van der Waals surface area contributed by atoms with Crippen LogP contribution in [0.25, 0.3) is 0 Å². The van der Waals surface area contributed by atoms with Gasteiger partial charge in [0.15, 0.2) is 0 Å². The van der Waals surface area contributed by atoms with Gasteiger partial charge >= 0.3 is 0 Å². The van der Waals surface area contributed by atoms with E-state index >= 15 is 0 Å². The van der Waals surface area contributed by atoms with Crippen LogP contribution in [0, 0.1) is 0 Å². The summed E-state index contributed by atoms with van der Waals surface area (Å²) in [7, 11) is 0. The highest BCUT2D eigenvalue weighted by Crippen LogP contribution is 2.17. The quantitative estimate of drug-likeness (QED) is 0.697. The van der Waals surface area contributed by atoms with E-state index in [0.29, 0.717) is 6.61 Å². The lowest BCUT2D eigenvalue weighted by atomic mass is 10.0. The first-order valence-electron chi connectivity index (χ1n) is 7.70. The van der Waals surface area contributed by atoms with Gasteiger partial charge < -0.3 is 10.1 Å². The Kier molecular flexibility index (Phi) is 7.90. The van der Waals surface area contributed by atoms with Crippen molar-refractivity contribution in [2.24, 2.45) is 0 Å². The molecular weight excluding hydrogens is 329 g/mol. The highest BCUT2D eigenvalue weighted by atomic mass is 35.5. The molecule has 0 radical (unpaired) electrons. The van der Waals surface area contributed by atoms with Crippen LogP contribution in [0.4, 0.5) is 0 Å². The highest BCUT2D eigenvalue weighted by molar-refractivity contribution is 6.30. The van der Waals surface area contributed by atoms with E-state index in [0.717, 1.165) is 29.3 Å². The van der Waals surface area contributed by atoms with E-state index in [9.17, 15) is 0 Å². The van der Waals surface area contributed by atoms with Gasteiger partial charge in [-0.3, -0.25) is 0 Å². The summed E-state index contributed by atoms with van der Waals surface area (Å²) >= 11 is 5.89. The van der Waals surface area contributed by atoms with E-state index in [-0.39, 0.29) is 17.9 Å². The van der Waals surface area contributed by atoms with Crippen molar-refractivity contribution in [3.63, 3.8) is 0 Å². The van der Waals surface area contributed by atoms with Crippen LogP contribution < -0.4 is 10.1 Å². The summed E-state index contributed by atoms with van der Waals surface area (Å²) in [4.78, 5) is 0. The molecule has 0 heterocycles. The predicted octanol–water partition coefficient (Wildman–Crippen LogP) is 5.62. The number of halogens is 2. The first-order valence-corrected chi connectivity index (χ1v) is 8.07. The molecule has 0 aliphatic heterocycles. The van der Waals surface area contributed by atoms with E-state index in [2.05, 4.69) is 38.2 Å². The number of ether oxygens (including phenoxy) is 1. The van der Waals surface area contributed by atoms with Gasteiger partial charge in [0, 0.05) is 17.1 Å². The minimum Gasteiger partial charge on any atom is -0.489 e. The number of rotatable bonds is 7. The molecule has 2 rings (SSSR count). The summed E-state index contributed by atoms with van der Waals surface area (Å²) < 4.78 is 5.86. The number of nitrogens with one attached hydrogen (secondary N) is 1. The molecule has 23 heavy (non-hydrogen) atoms. The maximum Gasteiger partial charge on any atom is 0.120 e. The Labute approximate surface area is 150 Å². The van der Waals surface area contributed by atoms with Crippen LogP contribution in [0.5, 0.6) is 5.75 Å². The average molecular weight is 354 g/mol. The summed E-state index contributed by atoms with van der Waals surface area (Å²) in [5.41, 5.74) is 2.50. The molecule has 0 amide bonds. The van der Waals surface area contributed by atoms with E-state index in [1.807, 2.05) is 36.4 Å². The van der Waals surface area contributed by atoms with Crippen molar-refractivity contribution in [1.82, 2.24) is 5.32 Å². The molecule has 0 aliphatic carbocycles. The van der Waals surface area contributed by atoms with Gasteiger partial charge in [0.25, 0.3) is 0 Å². The second-order valence-corrected chi connectivity index (χ2v) is 6.59. The Morgan fingerprint density at radius 2 is 1.74 bits per heavy atom. The SMILES string of the molecule is CCC(C)(C)NCc1cccc(OCc2ccc(Cl)cc2)c1.Cl. The van der Waals surface area contributed by atoms with Crippen LogP contribution >= 0.6 is 24.0 Å². The average Bonchev–Trinajstić information content (AvgIpc) is 2.53. The number of hydrogen-bond acceptors (Lipinski definition) is 2. The van der Waals surface area contributed by atoms with Crippen molar-refractivity contribution in [3.05, 3.63) is 64.7 Å². The van der Waals surface area contributed by atoms with Gasteiger partial charge in [-0.2, -0.15) is 0 Å². The van der Waals surface area contributed by atoms with Gasteiger partial charge in [-0.05, 0) is 55.7 Å². The van der Waals surface area contributed by atoms with Crippen LogP contribution in [0.1, 0.15) is 38.3 Å². The number of benzene rings is 2. The van der Waals surface area contributed by atoms with Crippen LogP contribution in [0.15, 0.2) is 48.5 Å². The van der Waals surface area contributed by atoms with E-state index in [1.165, 1.54) is 5.56 Å². The molecule has 0 fully saturated rings. The summed E-state index contributed by atoms with van der Waals surface area (Å²) in [6.45, 7) is 8.02. The number of hydrogen-bond donors (Lipinski definition) is 1. The van der Waals surface area contributed by atoms with E-state index in [1.54, 1.807) is 0 Å². The Hall–Kier alpha value is -1.22. The fourth-order valence-corrected chi connectivity index (χ4v) is 2.08. The first kappa shape index (κ1) is 19.8. The third kappa shape index (κ3) is 6.82. The van der Waals surface area contributed by atoms with Crippen molar-refractivity contribution in [1.29, 1.82) is 0 Å². The highest BCUT2D eigenvalue weighted by Gasteiger charge is 2.13. The molecule has 2 nitrogen and oxygen atoms in total. The third-order valence-electron chi connectivity index (χ3n) is 3.87. The van der Waals surface area contributed by atoms with Gasteiger partial charge in [-0.25, -0.2) is 0 Å². The molecule has 0 aromatic heterocycles. The molecule has 0 aliphatic rings. The molecule has 0 saturated heterocycles. The monoisotopic (exact) mass is 353 g/mol.